The number of esters is 1. The predicted octanol–water partition coefficient (Wildman–Crippen LogP) is 1.81. The van der Waals surface area contributed by atoms with Gasteiger partial charge >= 0.3 is 5.97 Å². The van der Waals surface area contributed by atoms with E-state index >= 15 is 0 Å². The third kappa shape index (κ3) is 7.70. The van der Waals surface area contributed by atoms with Crippen LogP contribution in [0.5, 0.6) is 0 Å². The number of nitrogens with two attached hydrogens (primary N) is 1. The summed E-state index contributed by atoms with van der Waals surface area (Å²) in [5, 5.41) is 6.59. The maximum absolute atomic E-state index is 13.3. The van der Waals surface area contributed by atoms with Crippen molar-refractivity contribution in [3.63, 3.8) is 0 Å². The molecule has 1 aliphatic rings. The van der Waals surface area contributed by atoms with Crippen molar-refractivity contribution in [3.8, 4) is 0 Å². The number of carbonyl (C=O) groups is 2. The number of rotatable bonds is 13. The molecule has 176 valence electrons. The topological polar surface area (TPSA) is 96.7 Å². The molecule has 0 aliphatic carbocycles. The van der Waals surface area contributed by atoms with Crippen molar-refractivity contribution in [3.05, 3.63) is 0 Å². The van der Waals surface area contributed by atoms with Crippen LogP contribution < -0.4 is 16.4 Å². The Morgan fingerprint density at radius 3 is 2.47 bits per heavy atom. The molecule has 0 aromatic carbocycles. The molecule has 1 heterocycles. The SMILES string of the molecule is CCC(C)C(CN(C)C(C(=O)NC1(C)CCCOC1=O)C(C)CC)NC[C@H](N)CS. The first-order valence-electron chi connectivity index (χ1n) is 11.4. The van der Waals surface area contributed by atoms with E-state index < -0.39 is 5.54 Å². The van der Waals surface area contributed by atoms with Gasteiger partial charge in [-0.2, -0.15) is 12.6 Å². The van der Waals surface area contributed by atoms with Gasteiger partial charge < -0.3 is 21.1 Å². The van der Waals surface area contributed by atoms with Gasteiger partial charge in [0.25, 0.3) is 0 Å². The summed E-state index contributed by atoms with van der Waals surface area (Å²) in [5.41, 5.74) is 5.09. The Kier molecular flexibility index (Phi) is 11.7. The largest absolute Gasteiger partial charge is 0.464 e. The van der Waals surface area contributed by atoms with E-state index in [9.17, 15) is 9.59 Å². The molecule has 1 saturated heterocycles. The standard InChI is InChI=1S/C22H44N4O3S/c1-7-15(3)18(24-12-17(23)14-30)13-26(6)19(16(4)8-2)20(27)25-22(5)10-9-11-29-21(22)28/h15-19,24,30H,7-14,23H2,1-6H3,(H,25,27)/t15?,16?,17-,18?,19?,22?/m0/s1. The quantitative estimate of drug-likeness (QED) is 0.256. The minimum atomic E-state index is -0.949. The second-order valence-corrected chi connectivity index (χ2v) is 9.54. The molecule has 0 spiro atoms. The zero-order valence-corrected chi connectivity index (χ0v) is 20.6. The van der Waals surface area contributed by atoms with Gasteiger partial charge in [0.2, 0.25) is 5.91 Å². The molecule has 1 fully saturated rings. The smallest absolute Gasteiger partial charge is 0.331 e. The van der Waals surface area contributed by atoms with Crippen molar-refractivity contribution < 1.29 is 14.3 Å². The Labute approximate surface area is 188 Å². The predicted molar refractivity (Wildman–Crippen MR) is 126 cm³/mol. The molecule has 1 rings (SSSR count). The zero-order chi connectivity index (χ0) is 22.9. The van der Waals surface area contributed by atoms with E-state index in [0.29, 0.717) is 31.2 Å². The number of nitrogens with one attached hydrogen (secondary N) is 2. The monoisotopic (exact) mass is 444 g/mol. The van der Waals surface area contributed by atoms with Crippen LogP contribution in [0.4, 0.5) is 0 Å². The maximum atomic E-state index is 13.3. The number of nitrogens with zero attached hydrogens (tertiary/aromatic N) is 1. The fraction of sp³-hybridized carbons (Fsp3) is 0.909. The highest BCUT2D eigenvalue weighted by atomic mass is 32.1. The Morgan fingerprint density at radius 2 is 1.93 bits per heavy atom. The average molecular weight is 445 g/mol. The van der Waals surface area contributed by atoms with Gasteiger partial charge in [0.1, 0.15) is 5.54 Å². The molecule has 0 bridgehead atoms. The van der Waals surface area contributed by atoms with E-state index in [-0.39, 0.29) is 35.9 Å². The van der Waals surface area contributed by atoms with Crippen molar-refractivity contribution >= 4 is 24.5 Å². The fourth-order valence-corrected chi connectivity index (χ4v) is 4.08. The van der Waals surface area contributed by atoms with Gasteiger partial charge in [-0.15, -0.1) is 0 Å². The van der Waals surface area contributed by atoms with Crippen molar-refractivity contribution in [2.75, 3.05) is 32.5 Å². The molecule has 30 heavy (non-hydrogen) atoms. The first-order chi connectivity index (χ1) is 14.1. The van der Waals surface area contributed by atoms with Crippen LogP contribution in [-0.2, 0) is 14.3 Å². The molecule has 7 nitrogen and oxygen atoms in total. The number of carbonyl (C=O) groups excluding carboxylic acids is 2. The van der Waals surface area contributed by atoms with Gasteiger partial charge in [-0.05, 0) is 38.6 Å². The summed E-state index contributed by atoms with van der Waals surface area (Å²) in [6.07, 6.45) is 3.27. The molecule has 1 amide bonds. The van der Waals surface area contributed by atoms with Crippen molar-refractivity contribution in [2.24, 2.45) is 17.6 Å². The highest BCUT2D eigenvalue weighted by Crippen LogP contribution is 2.23. The van der Waals surface area contributed by atoms with Gasteiger partial charge in [-0.25, -0.2) is 4.79 Å². The Bertz CT molecular complexity index is 550. The number of likely N-dealkylation sites (N-methyl/N-ethyl adjacent to an activating group) is 1. The third-order valence-corrected chi connectivity index (χ3v) is 6.99. The highest BCUT2D eigenvalue weighted by Gasteiger charge is 2.41. The van der Waals surface area contributed by atoms with Gasteiger partial charge in [0, 0.05) is 30.9 Å². The summed E-state index contributed by atoms with van der Waals surface area (Å²) in [5.74, 6) is 0.764. The summed E-state index contributed by atoms with van der Waals surface area (Å²) in [4.78, 5) is 27.7. The van der Waals surface area contributed by atoms with Crippen molar-refractivity contribution in [1.29, 1.82) is 0 Å². The fourth-order valence-electron chi connectivity index (χ4n) is 3.95. The molecule has 8 heteroatoms. The molecule has 5 unspecified atom stereocenters. The Balaban J connectivity index is 2.93. The van der Waals surface area contributed by atoms with Gasteiger partial charge in [-0.3, -0.25) is 9.69 Å². The number of cyclic esters (lactones) is 1. The number of ether oxygens (including phenoxy) is 1. The van der Waals surface area contributed by atoms with Crippen LogP contribution >= 0.6 is 12.6 Å². The molecule has 0 aromatic heterocycles. The minimum Gasteiger partial charge on any atom is -0.464 e. The van der Waals surface area contributed by atoms with Crippen molar-refractivity contribution in [2.45, 2.75) is 84.0 Å². The Morgan fingerprint density at radius 1 is 1.30 bits per heavy atom. The van der Waals surface area contributed by atoms with Crippen LogP contribution in [0.15, 0.2) is 0 Å². The number of amides is 1. The Hall–Kier alpha value is -0.830. The van der Waals surface area contributed by atoms with Gasteiger partial charge in [0.15, 0.2) is 0 Å². The van der Waals surface area contributed by atoms with Gasteiger partial charge in [0.05, 0.1) is 12.6 Å². The lowest BCUT2D eigenvalue weighted by Gasteiger charge is -2.39. The normalized spacial score (nSPS) is 24.6. The van der Waals surface area contributed by atoms with Crippen LogP contribution in [0.1, 0.15) is 60.3 Å². The minimum absolute atomic E-state index is 0.00359. The van der Waals surface area contributed by atoms with E-state index in [1.54, 1.807) is 6.92 Å². The summed E-state index contributed by atoms with van der Waals surface area (Å²) in [6.45, 7) is 12.2. The molecule has 0 saturated carbocycles. The highest BCUT2D eigenvalue weighted by molar-refractivity contribution is 7.80. The first kappa shape index (κ1) is 27.2. The molecule has 0 radical (unpaired) electrons. The summed E-state index contributed by atoms with van der Waals surface area (Å²) in [6, 6.07) is -0.120. The average Bonchev–Trinajstić information content (AvgIpc) is 2.72. The van der Waals surface area contributed by atoms with Crippen molar-refractivity contribution in [1.82, 2.24) is 15.5 Å². The lowest BCUT2D eigenvalue weighted by Crippen LogP contribution is -2.61. The molecule has 6 atom stereocenters. The molecule has 0 aromatic rings. The van der Waals surface area contributed by atoms with Crippen LogP contribution in [0.25, 0.3) is 0 Å². The third-order valence-electron chi connectivity index (χ3n) is 6.52. The van der Waals surface area contributed by atoms with E-state index in [4.69, 9.17) is 10.5 Å². The maximum Gasteiger partial charge on any atom is 0.331 e. The number of hydrogen-bond acceptors (Lipinski definition) is 7. The second kappa shape index (κ2) is 12.9. The summed E-state index contributed by atoms with van der Waals surface area (Å²) in [7, 11) is 1.99. The number of thiol groups is 1. The molecular formula is C22H44N4O3S. The van der Waals surface area contributed by atoms with Crippen LogP contribution in [0.2, 0.25) is 0 Å². The lowest BCUT2D eigenvalue weighted by atomic mass is 9.90. The van der Waals surface area contributed by atoms with Crippen LogP contribution in [0, 0.1) is 11.8 Å². The van der Waals surface area contributed by atoms with E-state index in [2.05, 4.69) is 55.9 Å². The van der Waals surface area contributed by atoms with Crippen LogP contribution in [-0.4, -0.2) is 72.9 Å². The molecule has 1 aliphatic heterocycles. The van der Waals surface area contributed by atoms with E-state index in [1.165, 1.54) is 0 Å². The number of hydrogen-bond donors (Lipinski definition) is 4. The molecule has 4 N–H and O–H groups in total. The summed E-state index contributed by atoms with van der Waals surface area (Å²) >= 11 is 4.27. The van der Waals surface area contributed by atoms with E-state index in [1.807, 2.05) is 7.05 Å². The zero-order valence-electron chi connectivity index (χ0n) is 19.7. The van der Waals surface area contributed by atoms with Gasteiger partial charge in [-0.1, -0.05) is 40.5 Å². The molecular weight excluding hydrogens is 400 g/mol. The van der Waals surface area contributed by atoms with E-state index in [0.717, 1.165) is 25.8 Å². The second-order valence-electron chi connectivity index (χ2n) is 9.17. The summed E-state index contributed by atoms with van der Waals surface area (Å²) < 4.78 is 5.20. The first-order valence-corrected chi connectivity index (χ1v) is 12.0. The lowest BCUT2D eigenvalue weighted by molar-refractivity contribution is -0.158. The van der Waals surface area contributed by atoms with Crippen LogP contribution in [0.3, 0.4) is 0 Å².